The molecule has 0 atom stereocenters. The number of carbonyl (C=O) groups excluding carboxylic acids is 1. The molecule has 0 bridgehead atoms. The molecule has 2 aromatic heterocycles. The first kappa shape index (κ1) is 19.5. The summed E-state index contributed by atoms with van der Waals surface area (Å²) in [5.41, 5.74) is 2.24. The van der Waals surface area contributed by atoms with E-state index in [-0.39, 0.29) is 10.8 Å². The standard InChI is InChI=1S/C19H19N5O3S/c20-28(26,27)17-6-3-14(4-7-17)9-11-22-16-5-8-18(23-13-16)24-19(25)15-2-1-10-21-12-15/h1-8,10,12-13,22H,9,11H2,(H2,20,26,27)(H,23,24,25). The van der Waals surface area contributed by atoms with Crippen molar-refractivity contribution in [1.29, 1.82) is 0 Å². The molecular weight excluding hydrogens is 378 g/mol. The maximum absolute atomic E-state index is 12.1. The van der Waals surface area contributed by atoms with Crippen LogP contribution in [-0.4, -0.2) is 30.8 Å². The number of nitrogens with two attached hydrogens (primary N) is 1. The summed E-state index contributed by atoms with van der Waals surface area (Å²) < 4.78 is 22.5. The zero-order chi connectivity index (χ0) is 20.0. The van der Waals surface area contributed by atoms with Gasteiger partial charge in [0.2, 0.25) is 10.0 Å². The molecule has 3 rings (SSSR count). The fourth-order valence-electron chi connectivity index (χ4n) is 2.45. The summed E-state index contributed by atoms with van der Waals surface area (Å²) in [6, 6.07) is 13.3. The van der Waals surface area contributed by atoms with Crippen LogP contribution >= 0.6 is 0 Å². The van der Waals surface area contributed by atoms with Crippen LogP contribution in [0.15, 0.2) is 72.0 Å². The Morgan fingerprint density at radius 3 is 2.43 bits per heavy atom. The number of aromatic nitrogens is 2. The molecular formula is C19H19N5O3S. The minimum Gasteiger partial charge on any atom is -0.383 e. The van der Waals surface area contributed by atoms with Crippen LogP contribution in [0.4, 0.5) is 11.5 Å². The fraction of sp³-hybridized carbons (Fsp3) is 0.105. The van der Waals surface area contributed by atoms with Crippen molar-refractivity contribution in [2.24, 2.45) is 5.14 Å². The molecule has 0 unspecified atom stereocenters. The third-order valence-corrected chi connectivity index (χ3v) is 4.85. The van der Waals surface area contributed by atoms with E-state index in [4.69, 9.17) is 5.14 Å². The number of hydrogen-bond donors (Lipinski definition) is 3. The average molecular weight is 397 g/mol. The summed E-state index contributed by atoms with van der Waals surface area (Å²) in [6.07, 6.45) is 5.41. The molecule has 0 saturated heterocycles. The van der Waals surface area contributed by atoms with Gasteiger partial charge in [0.15, 0.2) is 0 Å². The number of amides is 1. The number of primary sulfonamides is 1. The Hall–Kier alpha value is -3.30. The van der Waals surface area contributed by atoms with Gasteiger partial charge in [-0.05, 0) is 48.4 Å². The van der Waals surface area contributed by atoms with Crippen LogP contribution in [0.5, 0.6) is 0 Å². The minimum atomic E-state index is -3.67. The number of nitrogens with zero attached hydrogens (tertiary/aromatic N) is 2. The predicted molar refractivity (Wildman–Crippen MR) is 106 cm³/mol. The van der Waals surface area contributed by atoms with Crippen molar-refractivity contribution in [3.05, 3.63) is 78.2 Å². The average Bonchev–Trinajstić information content (AvgIpc) is 2.70. The highest BCUT2D eigenvalue weighted by atomic mass is 32.2. The van der Waals surface area contributed by atoms with Gasteiger partial charge in [0.25, 0.3) is 5.91 Å². The van der Waals surface area contributed by atoms with E-state index in [0.29, 0.717) is 24.3 Å². The van der Waals surface area contributed by atoms with Gasteiger partial charge in [-0.2, -0.15) is 0 Å². The Kier molecular flexibility index (Phi) is 5.97. The largest absolute Gasteiger partial charge is 0.383 e. The van der Waals surface area contributed by atoms with Crippen LogP contribution in [-0.2, 0) is 16.4 Å². The zero-order valence-corrected chi connectivity index (χ0v) is 15.7. The monoisotopic (exact) mass is 397 g/mol. The van der Waals surface area contributed by atoms with Crippen LogP contribution in [0.2, 0.25) is 0 Å². The lowest BCUT2D eigenvalue weighted by Gasteiger charge is -2.08. The second-order valence-electron chi connectivity index (χ2n) is 5.99. The van der Waals surface area contributed by atoms with Gasteiger partial charge in [0.1, 0.15) is 5.82 Å². The predicted octanol–water partition coefficient (Wildman–Crippen LogP) is 2.03. The molecule has 144 valence electrons. The van der Waals surface area contributed by atoms with E-state index in [2.05, 4.69) is 20.6 Å². The Morgan fingerprint density at radius 1 is 1.04 bits per heavy atom. The Bertz CT molecular complexity index is 1040. The summed E-state index contributed by atoms with van der Waals surface area (Å²) in [6.45, 7) is 0.637. The van der Waals surface area contributed by atoms with Crippen molar-refractivity contribution in [2.75, 3.05) is 17.2 Å². The number of benzene rings is 1. The Balaban J connectivity index is 1.50. The molecule has 28 heavy (non-hydrogen) atoms. The van der Waals surface area contributed by atoms with Gasteiger partial charge in [0.05, 0.1) is 22.3 Å². The number of anilines is 2. The molecule has 4 N–H and O–H groups in total. The van der Waals surface area contributed by atoms with Crippen LogP contribution in [0, 0.1) is 0 Å². The number of hydrogen-bond acceptors (Lipinski definition) is 6. The normalized spacial score (nSPS) is 11.0. The summed E-state index contributed by atoms with van der Waals surface area (Å²) in [5, 5.41) is 11.0. The van der Waals surface area contributed by atoms with E-state index in [1.807, 2.05) is 6.07 Å². The number of carbonyl (C=O) groups is 1. The van der Waals surface area contributed by atoms with Gasteiger partial charge in [0, 0.05) is 18.9 Å². The molecule has 2 heterocycles. The van der Waals surface area contributed by atoms with Crippen molar-refractivity contribution >= 4 is 27.4 Å². The Morgan fingerprint density at radius 2 is 1.82 bits per heavy atom. The van der Waals surface area contributed by atoms with Gasteiger partial charge >= 0.3 is 0 Å². The van der Waals surface area contributed by atoms with Crippen molar-refractivity contribution in [3.8, 4) is 0 Å². The first-order chi connectivity index (χ1) is 13.4. The molecule has 0 aliphatic carbocycles. The highest BCUT2D eigenvalue weighted by molar-refractivity contribution is 7.89. The summed E-state index contributed by atoms with van der Waals surface area (Å²) in [4.78, 5) is 20.3. The maximum atomic E-state index is 12.1. The van der Waals surface area contributed by atoms with Gasteiger partial charge in [-0.1, -0.05) is 12.1 Å². The molecule has 0 fully saturated rings. The van der Waals surface area contributed by atoms with Crippen molar-refractivity contribution in [2.45, 2.75) is 11.3 Å². The number of rotatable bonds is 7. The van der Waals surface area contributed by atoms with Crippen molar-refractivity contribution in [1.82, 2.24) is 9.97 Å². The van der Waals surface area contributed by atoms with Gasteiger partial charge in [-0.15, -0.1) is 0 Å². The van der Waals surface area contributed by atoms with E-state index >= 15 is 0 Å². The zero-order valence-electron chi connectivity index (χ0n) is 14.9. The SMILES string of the molecule is NS(=O)(=O)c1ccc(CCNc2ccc(NC(=O)c3cccnc3)nc2)cc1. The second-order valence-corrected chi connectivity index (χ2v) is 7.56. The number of pyridine rings is 2. The van der Waals surface area contributed by atoms with E-state index in [1.165, 1.54) is 18.3 Å². The molecule has 1 aromatic carbocycles. The van der Waals surface area contributed by atoms with Crippen LogP contribution in [0.1, 0.15) is 15.9 Å². The molecule has 0 aliphatic heterocycles. The summed E-state index contributed by atoms with van der Waals surface area (Å²) in [5.74, 6) is 0.169. The summed E-state index contributed by atoms with van der Waals surface area (Å²) in [7, 11) is -3.67. The third kappa shape index (κ3) is 5.35. The highest BCUT2D eigenvalue weighted by Gasteiger charge is 2.07. The van der Waals surface area contributed by atoms with Crippen LogP contribution < -0.4 is 15.8 Å². The summed E-state index contributed by atoms with van der Waals surface area (Å²) >= 11 is 0. The second kappa shape index (κ2) is 8.59. The molecule has 0 radical (unpaired) electrons. The smallest absolute Gasteiger partial charge is 0.258 e. The molecule has 0 saturated carbocycles. The lowest BCUT2D eigenvalue weighted by atomic mass is 10.1. The lowest BCUT2D eigenvalue weighted by Crippen LogP contribution is -2.13. The Labute approximate surface area is 162 Å². The molecule has 0 spiro atoms. The van der Waals surface area contributed by atoms with Crippen molar-refractivity contribution < 1.29 is 13.2 Å². The highest BCUT2D eigenvalue weighted by Crippen LogP contribution is 2.12. The number of nitrogens with one attached hydrogen (secondary N) is 2. The quantitative estimate of drug-likeness (QED) is 0.560. The molecule has 9 heteroatoms. The first-order valence-corrected chi connectivity index (χ1v) is 9.99. The molecule has 1 amide bonds. The lowest BCUT2D eigenvalue weighted by molar-refractivity contribution is 0.102. The van der Waals surface area contributed by atoms with E-state index in [0.717, 1.165) is 11.3 Å². The first-order valence-electron chi connectivity index (χ1n) is 8.45. The van der Waals surface area contributed by atoms with E-state index < -0.39 is 10.0 Å². The molecule has 8 nitrogen and oxygen atoms in total. The topological polar surface area (TPSA) is 127 Å². The minimum absolute atomic E-state index is 0.0947. The fourth-order valence-corrected chi connectivity index (χ4v) is 2.97. The van der Waals surface area contributed by atoms with E-state index in [9.17, 15) is 13.2 Å². The molecule has 0 aliphatic rings. The number of sulfonamides is 1. The van der Waals surface area contributed by atoms with Crippen LogP contribution in [0.25, 0.3) is 0 Å². The van der Waals surface area contributed by atoms with E-state index in [1.54, 1.807) is 42.7 Å². The van der Waals surface area contributed by atoms with Crippen LogP contribution in [0.3, 0.4) is 0 Å². The van der Waals surface area contributed by atoms with Crippen molar-refractivity contribution in [3.63, 3.8) is 0 Å². The maximum Gasteiger partial charge on any atom is 0.258 e. The van der Waals surface area contributed by atoms with Gasteiger partial charge in [-0.25, -0.2) is 18.5 Å². The molecule has 3 aromatic rings. The van der Waals surface area contributed by atoms with Gasteiger partial charge in [-0.3, -0.25) is 9.78 Å². The third-order valence-electron chi connectivity index (χ3n) is 3.92. The van der Waals surface area contributed by atoms with Gasteiger partial charge < -0.3 is 10.6 Å².